The van der Waals surface area contributed by atoms with Crippen LogP contribution in [0.15, 0.2) is 17.5 Å². The molecule has 20 heavy (non-hydrogen) atoms. The van der Waals surface area contributed by atoms with Gasteiger partial charge >= 0.3 is 5.97 Å². The van der Waals surface area contributed by atoms with Crippen molar-refractivity contribution in [2.45, 2.75) is 6.42 Å². The van der Waals surface area contributed by atoms with E-state index in [0.29, 0.717) is 22.9 Å². The second kappa shape index (κ2) is 6.67. The summed E-state index contributed by atoms with van der Waals surface area (Å²) in [6.07, 6.45) is 3.61. The monoisotopic (exact) mass is 294 g/mol. The molecule has 0 radical (unpaired) electrons. The Morgan fingerprint density at radius 3 is 3.05 bits per heavy atom. The van der Waals surface area contributed by atoms with Gasteiger partial charge in [-0.25, -0.2) is 4.79 Å². The van der Waals surface area contributed by atoms with Gasteiger partial charge < -0.3 is 15.3 Å². The smallest absolute Gasteiger partial charge is 0.328 e. The Morgan fingerprint density at radius 2 is 2.40 bits per heavy atom. The molecule has 1 atom stereocenters. The zero-order valence-electron chi connectivity index (χ0n) is 11.3. The maximum absolute atomic E-state index is 12.1. The molecule has 1 saturated heterocycles. The van der Waals surface area contributed by atoms with E-state index in [-0.39, 0.29) is 5.91 Å². The van der Waals surface area contributed by atoms with Crippen LogP contribution in [0.25, 0.3) is 6.08 Å². The highest BCUT2D eigenvalue weighted by molar-refractivity contribution is 7.12. The van der Waals surface area contributed by atoms with E-state index in [0.717, 1.165) is 25.6 Å². The highest BCUT2D eigenvalue weighted by Gasteiger charge is 2.20. The van der Waals surface area contributed by atoms with Crippen molar-refractivity contribution < 1.29 is 14.7 Å². The van der Waals surface area contributed by atoms with Crippen molar-refractivity contribution in [3.8, 4) is 0 Å². The van der Waals surface area contributed by atoms with Crippen molar-refractivity contribution in [2.75, 3.05) is 26.7 Å². The molecule has 1 aliphatic heterocycles. The molecule has 1 fully saturated rings. The number of carboxylic acids is 1. The number of amides is 1. The summed E-state index contributed by atoms with van der Waals surface area (Å²) in [4.78, 5) is 25.4. The van der Waals surface area contributed by atoms with E-state index in [2.05, 4.69) is 17.3 Å². The van der Waals surface area contributed by atoms with Gasteiger partial charge in [0.15, 0.2) is 0 Å². The Balaban J connectivity index is 1.92. The normalized spacial score (nSPS) is 19.6. The zero-order chi connectivity index (χ0) is 14.5. The van der Waals surface area contributed by atoms with Crippen molar-refractivity contribution in [1.82, 2.24) is 10.2 Å². The van der Waals surface area contributed by atoms with Crippen LogP contribution in [0.1, 0.15) is 21.7 Å². The van der Waals surface area contributed by atoms with E-state index in [1.54, 1.807) is 11.4 Å². The molecule has 0 bridgehead atoms. The van der Waals surface area contributed by atoms with Crippen molar-refractivity contribution in [2.24, 2.45) is 5.92 Å². The summed E-state index contributed by atoms with van der Waals surface area (Å²) in [5.74, 6) is -0.641. The fourth-order valence-corrected chi connectivity index (χ4v) is 3.11. The number of hydrogen-bond donors (Lipinski definition) is 2. The predicted octanol–water partition coefficient (Wildman–Crippen LogP) is 1.53. The van der Waals surface area contributed by atoms with Crippen LogP contribution in [0.2, 0.25) is 0 Å². The Kier molecular flexibility index (Phi) is 4.92. The second-order valence-electron chi connectivity index (χ2n) is 5.00. The minimum absolute atomic E-state index is 0.125. The third-order valence-electron chi connectivity index (χ3n) is 3.35. The lowest BCUT2D eigenvalue weighted by molar-refractivity contribution is -0.131. The topological polar surface area (TPSA) is 69.6 Å². The third kappa shape index (κ3) is 3.91. The van der Waals surface area contributed by atoms with Crippen molar-refractivity contribution >= 4 is 29.3 Å². The number of carbonyl (C=O) groups is 2. The number of carboxylic acid groups (broad SMARTS) is 1. The highest BCUT2D eigenvalue weighted by atomic mass is 32.1. The van der Waals surface area contributed by atoms with Crippen molar-refractivity contribution in [1.29, 1.82) is 0 Å². The number of hydrogen-bond acceptors (Lipinski definition) is 4. The van der Waals surface area contributed by atoms with Gasteiger partial charge in [-0.15, -0.1) is 11.3 Å². The van der Waals surface area contributed by atoms with E-state index in [4.69, 9.17) is 5.11 Å². The number of nitrogens with one attached hydrogen (secondary N) is 1. The first kappa shape index (κ1) is 14.7. The molecular formula is C14H18N2O3S. The van der Waals surface area contributed by atoms with Crippen LogP contribution >= 0.6 is 11.3 Å². The average molecular weight is 294 g/mol. The van der Waals surface area contributed by atoms with E-state index >= 15 is 0 Å². The van der Waals surface area contributed by atoms with Crippen LogP contribution in [0.3, 0.4) is 0 Å². The molecule has 2 rings (SSSR count). The number of likely N-dealkylation sites (tertiary alicyclic amines) is 1. The van der Waals surface area contributed by atoms with Crippen molar-refractivity contribution in [3.05, 3.63) is 28.0 Å². The third-order valence-corrected chi connectivity index (χ3v) is 4.28. The summed E-state index contributed by atoms with van der Waals surface area (Å²) in [5, 5.41) is 13.4. The molecule has 0 aliphatic carbocycles. The fraction of sp³-hybridized carbons (Fsp3) is 0.429. The first-order valence-electron chi connectivity index (χ1n) is 6.51. The van der Waals surface area contributed by atoms with Crippen LogP contribution in [-0.2, 0) is 4.79 Å². The molecule has 5 nitrogen and oxygen atoms in total. The summed E-state index contributed by atoms with van der Waals surface area (Å²) in [6, 6.07) is 1.75. The maximum atomic E-state index is 12.1. The number of rotatable bonds is 5. The minimum Gasteiger partial charge on any atom is -0.478 e. The quantitative estimate of drug-likeness (QED) is 0.808. The Bertz CT molecular complexity index is 524. The summed E-state index contributed by atoms with van der Waals surface area (Å²) in [6.45, 7) is 2.76. The molecule has 2 heterocycles. The summed E-state index contributed by atoms with van der Waals surface area (Å²) >= 11 is 1.33. The van der Waals surface area contributed by atoms with E-state index in [1.807, 2.05) is 0 Å². The molecule has 1 aliphatic rings. The fourth-order valence-electron chi connectivity index (χ4n) is 2.31. The second-order valence-corrected chi connectivity index (χ2v) is 5.92. The Hall–Kier alpha value is -1.66. The highest BCUT2D eigenvalue weighted by Crippen LogP contribution is 2.19. The number of nitrogens with zero attached hydrogens (tertiary/aromatic N) is 1. The molecule has 2 N–H and O–H groups in total. The maximum Gasteiger partial charge on any atom is 0.328 e. The Morgan fingerprint density at radius 1 is 1.60 bits per heavy atom. The molecule has 1 aromatic rings. The molecule has 1 aromatic heterocycles. The van der Waals surface area contributed by atoms with E-state index in [1.165, 1.54) is 17.4 Å². The average Bonchev–Trinajstić information content (AvgIpc) is 3.02. The molecule has 108 valence electrons. The minimum atomic E-state index is -1.02. The van der Waals surface area contributed by atoms with Gasteiger partial charge in [-0.3, -0.25) is 4.79 Å². The molecular weight excluding hydrogens is 276 g/mol. The number of carbonyl (C=O) groups excluding carboxylic acids is 1. The molecule has 1 amide bonds. The number of aliphatic carboxylic acids is 1. The number of thiophene rings is 1. The summed E-state index contributed by atoms with van der Waals surface area (Å²) in [7, 11) is 2.08. The van der Waals surface area contributed by atoms with Crippen LogP contribution in [-0.4, -0.2) is 48.6 Å². The van der Waals surface area contributed by atoms with Gasteiger partial charge in [0.1, 0.15) is 0 Å². The summed E-state index contributed by atoms with van der Waals surface area (Å²) in [5.41, 5.74) is 0.651. The van der Waals surface area contributed by atoms with Crippen molar-refractivity contribution in [3.63, 3.8) is 0 Å². The lowest BCUT2D eigenvalue weighted by Crippen LogP contribution is -2.30. The molecule has 0 aromatic carbocycles. The van der Waals surface area contributed by atoms with Gasteiger partial charge in [-0.05, 0) is 49.0 Å². The van der Waals surface area contributed by atoms with Crippen LogP contribution in [0, 0.1) is 5.92 Å². The van der Waals surface area contributed by atoms with Gasteiger partial charge in [-0.2, -0.15) is 0 Å². The Labute approximate surface area is 121 Å². The van der Waals surface area contributed by atoms with E-state index in [9.17, 15) is 9.59 Å². The van der Waals surface area contributed by atoms with Crippen LogP contribution < -0.4 is 5.32 Å². The predicted molar refractivity (Wildman–Crippen MR) is 78.9 cm³/mol. The van der Waals surface area contributed by atoms with Crippen LogP contribution in [0.5, 0.6) is 0 Å². The first-order valence-corrected chi connectivity index (χ1v) is 7.39. The van der Waals surface area contributed by atoms with Gasteiger partial charge in [0.2, 0.25) is 0 Å². The van der Waals surface area contributed by atoms with Gasteiger partial charge in [-0.1, -0.05) is 0 Å². The largest absolute Gasteiger partial charge is 0.478 e. The molecule has 0 spiro atoms. The lowest BCUT2D eigenvalue weighted by atomic mass is 10.1. The van der Waals surface area contributed by atoms with E-state index < -0.39 is 5.97 Å². The SMILES string of the molecule is CN1CCC(CNC(=O)c2sccc2C=CC(=O)O)C1. The standard InChI is InChI=1S/C14H18N2O3S/c1-16-6-4-10(9-16)8-15-14(19)13-11(5-7-20-13)2-3-12(17)18/h2-3,5,7,10H,4,6,8-9H2,1H3,(H,15,19)(H,17,18). The van der Waals surface area contributed by atoms with Gasteiger partial charge in [0.25, 0.3) is 5.91 Å². The van der Waals surface area contributed by atoms with Gasteiger partial charge in [0, 0.05) is 19.2 Å². The van der Waals surface area contributed by atoms with Crippen LogP contribution in [0.4, 0.5) is 0 Å². The molecule has 1 unspecified atom stereocenters. The summed E-state index contributed by atoms with van der Waals surface area (Å²) < 4.78 is 0. The molecule has 0 saturated carbocycles. The zero-order valence-corrected chi connectivity index (χ0v) is 12.2. The lowest BCUT2D eigenvalue weighted by Gasteiger charge is -2.11. The van der Waals surface area contributed by atoms with Gasteiger partial charge in [0.05, 0.1) is 4.88 Å². The first-order chi connectivity index (χ1) is 9.56. The molecule has 6 heteroatoms.